The standard InChI is InChI=1S/C25H28N2O5/c1-15(2)22(23(30)27-25(11-12-25)13-21(28)29)26-24(31)32-14-20-18-9-5-3-7-16(18)17-8-4-6-10-19(17)20/h3-10,15,20,22H,11-14H2,1-2H3,(H,26,31)(H,27,30)(H,28,29). The molecule has 7 heteroatoms. The summed E-state index contributed by atoms with van der Waals surface area (Å²) in [5.41, 5.74) is 3.82. The lowest BCUT2D eigenvalue weighted by Crippen LogP contribution is -2.53. The Labute approximate surface area is 187 Å². The van der Waals surface area contributed by atoms with Crippen LogP contribution in [0.2, 0.25) is 0 Å². The molecule has 0 bridgehead atoms. The SMILES string of the molecule is CC(C)C(NC(=O)OCC1c2ccccc2-c2ccccc21)C(=O)NC1(CC(=O)O)CC1. The minimum absolute atomic E-state index is 0.0650. The predicted octanol–water partition coefficient (Wildman–Crippen LogP) is 3.67. The summed E-state index contributed by atoms with van der Waals surface area (Å²) in [6, 6.07) is 15.4. The first-order valence-electron chi connectivity index (χ1n) is 10.9. The van der Waals surface area contributed by atoms with Gasteiger partial charge in [-0.25, -0.2) is 4.79 Å². The summed E-state index contributed by atoms with van der Waals surface area (Å²) in [4.78, 5) is 36.4. The molecule has 168 valence electrons. The van der Waals surface area contributed by atoms with E-state index in [0.29, 0.717) is 12.8 Å². The molecule has 3 N–H and O–H groups in total. The average Bonchev–Trinajstić information content (AvgIpc) is 3.41. The maximum Gasteiger partial charge on any atom is 0.407 e. The van der Waals surface area contributed by atoms with Crippen LogP contribution in [-0.4, -0.2) is 41.3 Å². The summed E-state index contributed by atoms with van der Waals surface area (Å²) in [7, 11) is 0. The quantitative estimate of drug-likeness (QED) is 0.586. The fourth-order valence-electron chi connectivity index (χ4n) is 4.43. The number of aliphatic carboxylic acids is 1. The van der Waals surface area contributed by atoms with E-state index in [4.69, 9.17) is 9.84 Å². The Morgan fingerprint density at radius 1 is 1.03 bits per heavy atom. The molecule has 32 heavy (non-hydrogen) atoms. The molecular weight excluding hydrogens is 408 g/mol. The second kappa shape index (κ2) is 8.65. The van der Waals surface area contributed by atoms with Crippen molar-refractivity contribution in [2.45, 2.75) is 50.6 Å². The molecule has 0 saturated heterocycles. The molecule has 2 aliphatic carbocycles. The van der Waals surface area contributed by atoms with Gasteiger partial charge in [-0.3, -0.25) is 9.59 Å². The Bertz CT molecular complexity index is 999. The smallest absolute Gasteiger partial charge is 0.407 e. The van der Waals surface area contributed by atoms with Crippen LogP contribution < -0.4 is 10.6 Å². The minimum Gasteiger partial charge on any atom is -0.481 e. The molecule has 2 amide bonds. The van der Waals surface area contributed by atoms with Gasteiger partial charge in [0, 0.05) is 5.92 Å². The summed E-state index contributed by atoms with van der Waals surface area (Å²) < 4.78 is 5.56. The van der Waals surface area contributed by atoms with Crippen LogP contribution in [0.1, 0.15) is 50.2 Å². The first-order chi connectivity index (χ1) is 15.3. The molecule has 0 heterocycles. The second-order valence-electron chi connectivity index (χ2n) is 9.03. The number of carboxylic acids is 1. The van der Waals surface area contributed by atoms with E-state index >= 15 is 0 Å². The van der Waals surface area contributed by atoms with Crippen molar-refractivity contribution in [3.63, 3.8) is 0 Å². The Morgan fingerprint density at radius 2 is 1.59 bits per heavy atom. The molecule has 1 saturated carbocycles. The molecule has 2 aliphatic rings. The van der Waals surface area contributed by atoms with Crippen molar-refractivity contribution >= 4 is 18.0 Å². The zero-order chi connectivity index (χ0) is 22.9. The van der Waals surface area contributed by atoms with E-state index in [9.17, 15) is 14.4 Å². The Morgan fingerprint density at radius 3 is 2.09 bits per heavy atom. The van der Waals surface area contributed by atoms with Crippen LogP contribution >= 0.6 is 0 Å². The van der Waals surface area contributed by atoms with Crippen molar-refractivity contribution in [3.8, 4) is 11.1 Å². The van der Waals surface area contributed by atoms with Gasteiger partial charge in [0.25, 0.3) is 0 Å². The van der Waals surface area contributed by atoms with Crippen LogP contribution in [0, 0.1) is 5.92 Å². The number of alkyl carbamates (subject to hydrolysis) is 1. The van der Waals surface area contributed by atoms with Gasteiger partial charge < -0.3 is 20.5 Å². The lowest BCUT2D eigenvalue weighted by Gasteiger charge is -2.25. The molecule has 2 aromatic rings. The third-order valence-electron chi connectivity index (χ3n) is 6.30. The van der Waals surface area contributed by atoms with Gasteiger partial charge in [0.2, 0.25) is 5.91 Å². The Balaban J connectivity index is 1.39. The number of amides is 2. The largest absolute Gasteiger partial charge is 0.481 e. The molecule has 0 radical (unpaired) electrons. The molecule has 4 rings (SSSR count). The summed E-state index contributed by atoms with van der Waals surface area (Å²) in [5.74, 6) is -1.58. The van der Waals surface area contributed by atoms with E-state index in [-0.39, 0.29) is 30.8 Å². The molecule has 0 aliphatic heterocycles. The van der Waals surface area contributed by atoms with E-state index in [1.54, 1.807) is 0 Å². The molecule has 0 aromatic heterocycles. The zero-order valence-electron chi connectivity index (χ0n) is 18.3. The first kappa shape index (κ1) is 21.9. The van der Waals surface area contributed by atoms with Crippen LogP contribution in [-0.2, 0) is 14.3 Å². The van der Waals surface area contributed by atoms with Crippen LogP contribution in [0.15, 0.2) is 48.5 Å². The van der Waals surface area contributed by atoms with E-state index in [1.165, 1.54) is 0 Å². The van der Waals surface area contributed by atoms with Gasteiger partial charge in [-0.2, -0.15) is 0 Å². The van der Waals surface area contributed by atoms with Crippen molar-refractivity contribution in [2.75, 3.05) is 6.61 Å². The fourth-order valence-corrected chi connectivity index (χ4v) is 4.43. The summed E-state index contributed by atoms with van der Waals surface area (Å²) >= 11 is 0. The van der Waals surface area contributed by atoms with Crippen molar-refractivity contribution < 1.29 is 24.2 Å². The molecule has 7 nitrogen and oxygen atoms in total. The van der Waals surface area contributed by atoms with Gasteiger partial charge in [0.15, 0.2) is 0 Å². The van der Waals surface area contributed by atoms with E-state index < -0.39 is 23.6 Å². The number of carbonyl (C=O) groups is 3. The number of carboxylic acid groups (broad SMARTS) is 1. The lowest BCUT2D eigenvalue weighted by atomic mass is 9.98. The number of hydrogen-bond acceptors (Lipinski definition) is 4. The third kappa shape index (κ3) is 4.47. The second-order valence-corrected chi connectivity index (χ2v) is 9.03. The van der Waals surface area contributed by atoms with Gasteiger partial charge in [-0.15, -0.1) is 0 Å². The average molecular weight is 437 g/mol. The number of ether oxygens (including phenoxy) is 1. The maximum absolute atomic E-state index is 12.8. The van der Waals surface area contributed by atoms with Gasteiger partial charge in [0.1, 0.15) is 12.6 Å². The van der Waals surface area contributed by atoms with Gasteiger partial charge in [-0.05, 0) is 41.0 Å². The first-order valence-corrected chi connectivity index (χ1v) is 10.9. The summed E-state index contributed by atoms with van der Waals surface area (Å²) in [6.07, 6.45) is 0.472. The number of rotatable bonds is 8. The number of benzene rings is 2. The van der Waals surface area contributed by atoms with Crippen LogP contribution in [0.25, 0.3) is 11.1 Å². The summed E-state index contributed by atoms with van der Waals surface area (Å²) in [6.45, 7) is 3.81. The highest BCUT2D eigenvalue weighted by Gasteiger charge is 2.47. The molecular formula is C25H28N2O5. The van der Waals surface area contributed by atoms with E-state index in [2.05, 4.69) is 22.8 Å². The Hall–Kier alpha value is -3.35. The van der Waals surface area contributed by atoms with Gasteiger partial charge >= 0.3 is 12.1 Å². The lowest BCUT2D eigenvalue weighted by molar-refractivity contribution is -0.138. The van der Waals surface area contributed by atoms with Crippen LogP contribution in [0.3, 0.4) is 0 Å². The fraction of sp³-hybridized carbons (Fsp3) is 0.400. The van der Waals surface area contributed by atoms with Crippen LogP contribution in [0.4, 0.5) is 4.79 Å². The molecule has 1 atom stereocenters. The molecule has 1 unspecified atom stereocenters. The number of fused-ring (bicyclic) bond motifs is 3. The predicted molar refractivity (Wildman–Crippen MR) is 119 cm³/mol. The monoisotopic (exact) mass is 436 g/mol. The van der Waals surface area contributed by atoms with Gasteiger partial charge in [0.05, 0.1) is 12.0 Å². The molecule has 0 spiro atoms. The highest BCUT2D eigenvalue weighted by atomic mass is 16.5. The highest BCUT2D eigenvalue weighted by molar-refractivity contribution is 5.87. The zero-order valence-corrected chi connectivity index (χ0v) is 18.3. The number of hydrogen-bond donors (Lipinski definition) is 3. The Kier molecular flexibility index (Phi) is 5.91. The topological polar surface area (TPSA) is 105 Å². The number of nitrogens with one attached hydrogen (secondary N) is 2. The van der Waals surface area contributed by atoms with E-state index in [1.807, 2.05) is 50.2 Å². The van der Waals surface area contributed by atoms with Crippen LogP contribution in [0.5, 0.6) is 0 Å². The summed E-state index contributed by atoms with van der Waals surface area (Å²) in [5, 5.41) is 14.6. The maximum atomic E-state index is 12.8. The normalized spacial score (nSPS) is 16.6. The third-order valence-corrected chi connectivity index (χ3v) is 6.30. The minimum atomic E-state index is -0.951. The van der Waals surface area contributed by atoms with Gasteiger partial charge in [-0.1, -0.05) is 62.4 Å². The van der Waals surface area contributed by atoms with Crippen molar-refractivity contribution in [1.82, 2.24) is 10.6 Å². The molecule has 2 aromatic carbocycles. The van der Waals surface area contributed by atoms with E-state index in [0.717, 1.165) is 22.3 Å². The van der Waals surface area contributed by atoms with Crippen molar-refractivity contribution in [2.24, 2.45) is 5.92 Å². The van der Waals surface area contributed by atoms with Crippen molar-refractivity contribution in [1.29, 1.82) is 0 Å². The number of carbonyl (C=O) groups excluding carboxylic acids is 2. The van der Waals surface area contributed by atoms with Crippen molar-refractivity contribution in [3.05, 3.63) is 59.7 Å². The highest BCUT2D eigenvalue weighted by Crippen LogP contribution is 2.44. The molecule has 1 fully saturated rings.